The van der Waals surface area contributed by atoms with Gasteiger partial charge in [-0.15, -0.1) is 11.3 Å². The first kappa shape index (κ1) is 26.1. The lowest BCUT2D eigenvalue weighted by molar-refractivity contribution is 0.0505. The number of anilines is 1. The Morgan fingerprint density at radius 1 is 1.13 bits per heavy atom. The van der Waals surface area contributed by atoms with Gasteiger partial charge in [0.25, 0.3) is 5.91 Å². The number of nitrogens with one attached hydrogen (secondary N) is 1. The Hall–Kier alpha value is -3.51. The first-order valence-electron chi connectivity index (χ1n) is 13.5. The molecule has 0 unspecified atom stereocenters. The van der Waals surface area contributed by atoms with E-state index in [0.29, 0.717) is 34.6 Å². The van der Waals surface area contributed by atoms with Crippen LogP contribution in [0.5, 0.6) is 0 Å². The number of benzene rings is 2. The lowest BCUT2D eigenvalue weighted by atomic mass is 9.88. The van der Waals surface area contributed by atoms with Crippen molar-refractivity contribution >= 4 is 39.1 Å². The van der Waals surface area contributed by atoms with Gasteiger partial charge in [-0.05, 0) is 60.8 Å². The van der Waals surface area contributed by atoms with E-state index in [4.69, 9.17) is 9.72 Å². The van der Waals surface area contributed by atoms with Gasteiger partial charge < -0.3 is 10.1 Å². The smallest absolute Gasteiger partial charge is 0.341 e. The van der Waals surface area contributed by atoms with Crippen molar-refractivity contribution in [1.82, 2.24) is 4.98 Å². The summed E-state index contributed by atoms with van der Waals surface area (Å²) in [5.41, 5.74) is 5.81. The Morgan fingerprint density at radius 2 is 1.89 bits per heavy atom. The maximum absolute atomic E-state index is 13.8. The number of rotatable bonds is 7. The molecule has 1 amide bonds. The van der Waals surface area contributed by atoms with Gasteiger partial charge >= 0.3 is 5.97 Å². The molecule has 38 heavy (non-hydrogen) atoms. The van der Waals surface area contributed by atoms with Gasteiger partial charge in [0.2, 0.25) is 0 Å². The second-order valence-electron chi connectivity index (χ2n) is 10.5. The number of fused-ring (bicyclic) bond motifs is 2. The molecule has 2 aromatic heterocycles. The number of aromatic nitrogens is 1. The molecule has 2 heterocycles. The van der Waals surface area contributed by atoms with Gasteiger partial charge in [0.1, 0.15) is 5.00 Å². The van der Waals surface area contributed by atoms with E-state index in [1.165, 1.54) is 21.8 Å². The van der Waals surface area contributed by atoms with Gasteiger partial charge in [-0.2, -0.15) is 0 Å². The summed E-state index contributed by atoms with van der Waals surface area (Å²) in [5.74, 6) is 0.394. The highest BCUT2D eigenvalue weighted by Gasteiger charge is 2.29. The largest absolute Gasteiger partial charge is 0.462 e. The third kappa shape index (κ3) is 5.23. The zero-order valence-electron chi connectivity index (χ0n) is 22.5. The number of ether oxygens (including phenoxy) is 1. The summed E-state index contributed by atoms with van der Waals surface area (Å²) >= 11 is 1.51. The van der Waals surface area contributed by atoms with Gasteiger partial charge in [-0.25, -0.2) is 9.78 Å². The Balaban J connectivity index is 1.54. The normalized spacial score (nSPS) is 14.9. The quantitative estimate of drug-likeness (QED) is 0.248. The molecular weight excluding hydrogens is 492 g/mol. The average molecular weight is 527 g/mol. The van der Waals surface area contributed by atoms with Crippen LogP contribution in [0.25, 0.3) is 22.2 Å². The number of pyridine rings is 1. The van der Waals surface area contributed by atoms with E-state index < -0.39 is 0 Å². The monoisotopic (exact) mass is 526 g/mol. The predicted molar refractivity (Wildman–Crippen MR) is 155 cm³/mol. The average Bonchev–Trinajstić information content (AvgIpc) is 3.27. The SMILES string of the molecule is CCCOC(=O)c1c(NC(=O)c2cc(-c3ccc(C(C)C)cc3)nc3ccccc23)sc2c1CC[C@H](C)C2. The van der Waals surface area contributed by atoms with Crippen LogP contribution in [0.2, 0.25) is 0 Å². The number of carbonyl (C=O) groups excluding carboxylic acids is 2. The molecule has 0 saturated carbocycles. The van der Waals surface area contributed by atoms with E-state index in [9.17, 15) is 9.59 Å². The molecule has 0 aliphatic heterocycles. The van der Waals surface area contributed by atoms with E-state index in [0.717, 1.165) is 53.4 Å². The van der Waals surface area contributed by atoms with E-state index >= 15 is 0 Å². The summed E-state index contributed by atoms with van der Waals surface area (Å²) in [6.45, 7) is 8.90. The van der Waals surface area contributed by atoms with E-state index in [2.05, 4.69) is 50.4 Å². The summed E-state index contributed by atoms with van der Waals surface area (Å²) in [6, 6.07) is 17.9. The van der Waals surface area contributed by atoms with Crippen LogP contribution in [-0.2, 0) is 17.6 Å². The first-order chi connectivity index (χ1) is 18.4. The summed E-state index contributed by atoms with van der Waals surface area (Å²) in [4.78, 5) is 33.0. The number of amides is 1. The zero-order chi connectivity index (χ0) is 26.8. The molecule has 5 nitrogen and oxygen atoms in total. The summed E-state index contributed by atoms with van der Waals surface area (Å²) in [6.07, 6.45) is 3.52. The molecule has 1 atom stereocenters. The lowest BCUT2D eigenvalue weighted by Crippen LogP contribution is -2.17. The minimum Gasteiger partial charge on any atom is -0.462 e. The Kier molecular flexibility index (Phi) is 7.61. The van der Waals surface area contributed by atoms with Gasteiger partial charge in [0.15, 0.2) is 0 Å². The Labute approximate surface area is 228 Å². The van der Waals surface area contributed by atoms with Crippen LogP contribution in [0.3, 0.4) is 0 Å². The van der Waals surface area contributed by atoms with Crippen LogP contribution < -0.4 is 5.32 Å². The predicted octanol–water partition coefficient (Wildman–Crippen LogP) is 8.03. The maximum atomic E-state index is 13.8. The highest BCUT2D eigenvalue weighted by atomic mass is 32.1. The molecule has 1 aliphatic carbocycles. The topological polar surface area (TPSA) is 68.3 Å². The number of nitrogens with zero attached hydrogens (tertiary/aromatic N) is 1. The van der Waals surface area contributed by atoms with E-state index in [-0.39, 0.29) is 11.9 Å². The fraction of sp³-hybridized carbons (Fsp3) is 0.344. The lowest BCUT2D eigenvalue weighted by Gasteiger charge is -2.18. The molecule has 2 aromatic carbocycles. The molecule has 0 radical (unpaired) electrons. The molecule has 0 fully saturated rings. The minimum absolute atomic E-state index is 0.250. The second-order valence-corrected chi connectivity index (χ2v) is 11.6. The van der Waals surface area contributed by atoms with Crippen LogP contribution in [0.1, 0.15) is 83.2 Å². The van der Waals surface area contributed by atoms with Gasteiger partial charge in [0.05, 0.1) is 28.9 Å². The van der Waals surface area contributed by atoms with Crippen LogP contribution in [-0.4, -0.2) is 23.5 Å². The summed E-state index contributed by atoms with van der Waals surface area (Å²) in [5, 5.41) is 4.46. The highest BCUT2D eigenvalue weighted by Crippen LogP contribution is 2.40. The highest BCUT2D eigenvalue weighted by molar-refractivity contribution is 7.17. The van der Waals surface area contributed by atoms with Crippen LogP contribution in [0.4, 0.5) is 5.00 Å². The molecule has 6 heteroatoms. The first-order valence-corrected chi connectivity index (χ1v) is 14.3. The third-order valence-corrected chi connectivity index (χ3v) is 8.38. The van der Waals surface area contributed by atoms with E-state index in [1.54, 1.807) is 0 Å². The second kappa shape index (κ2) is 11.1. The molecule has 1 N–H and O–H groups in total. The fourth-order valence-electron chi connectivity index (χ4n) is 5.04. The number of carbonyl (C=O) groups is 2. The van der Waals surface area contributed by atoms with Crippen LogP contribution in [0, 0.1) is 5.92 Å². The van der Waals surface area contributed by atoms with E-state index in [1.807, 2.05) is 37.3 Å². The molecule has 1 aliphatic rings. The third-order valence-electron chi connectivity index (χ3n) is 7.21. The molecular formula is C32H34N2O3S. The number of hydrogen-bond donors (Lipinski definition) is 1. The number of thiophene rings is 1. The van der Waals surface area contributed by atoms with Gasteiger partial charge in [0, 0.05) is 15.8 Å². The molecule has 196 valence electrons. The van der Waals surface area contributed by atoms with Gasteiger partial charge in [-0.1, -0.05) is 70.2 Å². The number of hydrogen-bond acceptors (Lipinski definition) is 5. The summed E-state index contributed by atoms with van der Waals surface area (Å²) in [7, 11) is 0. The van der Waals surface area contributed by atoms with Crippen molar-refractivity contribution < 1.29 is 14.3 Å². The Morgan fingerprint density at radius 3 is 2.63 bits per heavy atom. The molecule has 4 aromatic rings. The summed E-state index contributed by atoms with van der Waals surface area (Å²) < 4.78 is 5.54. The van der Waals surface area contributed by atoms with Crippen LogP contribution >= 0.6 is 11.3 Å². The zero-order valence-corrected chi connectivity index (χ0v) is 23.3. The van der Waals surface area contributed by atoms with Gasteiger partial charge in [-0.3, -0.25) is 4.79 Å². The molecule has 0 saturated heterocycles. The maximum Gasteiger partial charge on any atom is 0.341 e. The van der Waals surface area contributed by atoms with Crippen molar-refractivity contribution in [2.24, 2.45) is 5.92 Å². The molecule has 0 bridgehead atoms. The Bertz CT molecular complexity index is 1490. The van der Waals surface area contributed by atoms with Crippen molar-refractivity contribution in [2.75, 3.05) is 11.9 Å². The number of para-hydroxylation sites is 1. The minimum atomic E-state index is -0.347. The number of esters is 1. The van der Waals surface area contributed by atoms with Crippen molar-refractivity contribution in [3.05, 3.63) is 81.7 Å². The van der Waals surface area contributed by atoms with Crippen molar-refractivity contribution in [2.45, 2.75) is 59.3 Å². The van der Waals surface area contributed by atoms with Crippen molar-refractivity contribution in [3.63, 3.8) is 0 Å². The van der Waals surface area contributed by atoms with Crippen LogP contribution in [0.15, 0.2) is 54.6 Å². The molecule has 0 spiro atoms. The van der Waals surface area contributed by atoms with Crippen molar-refractivity contribution in [3.8, 4) is 11.3 Å². The standard InChI is InChI=1S/C32H34N2O3S/c1-5-16-37-32(36)29-24-15-10-20(4)17-28(24)38-31(29)34-30(35)25-18-27(33-26-9-7-6-8-23(25)26)22-13-11-21(12-14-22)19(2)3/h6-9,11-14,18-20H,5,10,15-17H2,1-4H3,(H,34,35)/t20-/m0/s1. The van der Waals surface area contributed by atoms with Crippen molar-refractivity contribution in [1.29, 1.82) is 0 Å². The fourth-order valence-corrected chi connectivity index (χ4v) is 6.44. The molecule has 5 rings (SSSR count).